The van der Waals surface area contributed by atoms with E-state index in [2.05, 4.69) is 6.58 Å². The van der Waals surface area contributed by atoms with Crippen molar-refractivity contribution < 1.29 is 19.4 Å². The summed E-state index contributed by atoms with van der Waals surface area (Å²) in [4.78, 5) is 22.9. The molecule has 0 unspecified atom stereocenters. The summed E-state index contributed by atoms with van der Waals surface area (Å²) >= 11 is 0. The first-order chi connectivity index (χ1) is 11.9. The molecule has 0 radical (unpaired) electrons. The monoisotopic (exact) mass is 336 g/mol. The maximum Gasteiger partial charge on any atom is 0.338 e. The highest BCUT2D eigenvalue weighted by Crippen LogP contribution is 2.36. The molecule has 0 aliphatic rings. The molecule has 0 aliphatic carbocycles. The van der Waals surface area contributed by atoms with E-state index in [4.69, 9.17) is 9.84 Å². The zero-order valence-electron chi connectivity index (χ0n) is 14.3. The van der Waals surface area contributed by atoms with Gasteiger partial charge in [-0.15, -0.1) is 0 Å². The Morgan fingerprint density at radius 1 is 1.12 bits per heavy atom. The Morgan fingerprint density at radius 2 is 1.80 bits per heavy atom. The van der Waals surface area contributed by atoms with Gasteiger partial charge in [-0.1, -0.05) is 56.0 Å². The van der Waals surface area contributed by atoms with Gasteiger partial charge in [0.15, 0.2) is 0 Å². The van der Waals surface area contributed by atoms with Crippen LogP contribution in [0.15, 0.2) is 60.7 Å². The Balaban J connectivity index is 2.66. The number of aliphatic carboxylic acids is 1. The number of benzene rings is 2. The van der Waals surface area contributed by atoms with Crippen molar-refractivity contribution in [2.75, 3.05) is 0 Å². The molecule has 128 valence electrons. The predicted octanol–water partition coefficient (Wildman–Crippen LogP) is 4.50. The van der Waals surface area contributed by atoms with Gasteiger partial charge in [0, 0.05) is 22.8 Å². The van der Waals surface area contributed by atoms with Crippen LogP contribution < -0.4 is 4.74 Å². The van der Waals surface area contributed by atoms with Crippen molar-refractivity contribution in [2.24, 2.45) is 0 Å². The predicted molar refractivity (Wildman–Crippen MR) is 98.4 cm³/mol. The van der Waals surface area contributed by atoms with E-state index in [0.29, 0.717) is 11.3 Å². The minimum absolute atomic E-state index is 0.270. The summed E-state index contributed by atoms with van der Waals surface area (Å²) < 4.78 is 5.54. The number of carboxylic acid groups (broad SMARTS) is 1. The number of hydrogen-bond acceptors (Lipinski definition) is 3. The molecular weight excluding hydrogens is 316 g/mol. The van der Waals surface area contributed by atoms with Crippen LogP contribution >= 0.6 is 0 Å². The summed E-state index contributed by atoms with van der Waals surface area (Å²) in [6.07, 6.45) is 3.25. The lowest BCUT2D eigenvalue weighted by Crippen LogP contribution is -2.10. The Bertz CT molecular complexity index is 847. The largest absolute Gasteiger partial charge is 0.478 e. The van der Waals surface area contributed by atoms with Crippen molar-refractivity contribution in [2.45, 2.75) is 20.3 Å². The Hall–Kier alpha value is -3.14. The van der Waals surface area contributed by atoms with E-state index in [0.717, 1.165) is 29.2 Å². The maximum atomic E-state index is 12.1. The molecular formula is C21H20O4. The number of carbonyl (C=O) groups excluding carboxylic acids is 1. The summed E-state index contributed by atoms with van der Waals surface area (Å²) in [5.74, 6) is -1.29. The quantitative estimate of drug-likeness (QED) is 0.479. The fourth-order valence-corrected chi connectivity index (χ4v) is 2.44. The van der Waals surface area contributed by atoms with E-state index in [1.807, 2.05) is 37.3 Å². The third kappa shape index (κ3) is 4.44. The topological polar surface area (TPSA) is 63.6 Å². The van der Waals surface area contributed by atoms with Gasteiger partial charge in [-0.2, -0.15) is 0 Å². The van der Waals surface area contributed by atoms with Gasteiger partial charge in [0.25, 0.3) is 0 Å². The second kappa shape index (κ2) is 8.11. The summed E-state index contributed by atoms with van der Waals surface area (Å²) in [5.41, 5.74) is 3.57. The molecule has 2 aromatic carbocycles. The first-order valence-corrected chi connectivity index (χ1v) is 7.94. The van der Waals surface area contributed by atoms with Crippen LogP contribution in [0.2, 0.25) is 0 Å². The fraction of sp³-hybridized carbons (Fsp3) is 0.143. The van der Waals surface area contributed by atoms with Crippen LogP contribution in [0.5, 0.6) is 5.75 Å². The van der Waals surface area contributed by atoms with Crippen LogP contribution in [0.25, 0.3) is 17.2 Å². The van der Waals surface area contributed by atoms with Gasteiger partial charge in [-0.3, -0.25) is 0 Å². The molecule has 0 amide bonds. The van der Waals surface area contributed by atoms with Gasteiger partial charge in [0.2, 0.25) is 0 Å². The number of aryl methyl sites for hydroxylation is 1. The number of carbonyl (C=O) groups is 2. The minimum atomic E-state index is -1.07. The lowest BCUT2D eigenvalue weighted by atomic mass is 9.95. The van der Waals surface area contributed by atoms with E-state index in [1.54, 1.807) is 19.1 Å². The van der Waals surface area contributed by atoms with Gasteiger partial charge < -0.3 is 9.84 Å². The zero-order valence-corrected chi connectivity index (χ0v) is 14.3. The fourth-order valence-electron chi connectivity index (χ4n) is 2.44. The molecule has 25 heavy (non-hydrogen) atoms. The molecule has 2 aromatic rings. The number of rotatable bonds is 6. The Morgan fingerprint density at radius 3 is 2.44 bits per heavy atom. The maximum absolute atomic E-state index is 12.1. The first kappa shape index (κ1) is 18.2. The number of esters is 1. The molecule has 0 aromatic heterocycles. The molecule has 1 N–H and O–H groups in total. The minimum Gasteiger partial charge on any atom is -0.478 e. The van der Waals surface area contributed by atoms with Gasteiger partial charge in [-0.05, 0) is 30.5 Å². The van der Waals surface area contributed by atoms with Gasteiger partial charge in [0.1, 0.15) is 5.75 Å². The van der Waals surface area contributed by atoms with Crippen molar-refractivity contribution in [1.82, 2.24) is 0 Å². The lowest BCUT2D eigenvalue weighted by Gasteiger charge is -2.15. The third-order valence-electron chi connectivity index (χ3n) is 3.68. The Kier molecular flexibility index (Phi) is 5.90. The van der Waals surface area contributed by atoms with Crippen molar-refractivity contribution in [3.05, 3.63) is 71.8 Å². The molecule has 0 aliphatic heterocycles. The lowest BCUT2D eigenvalue weighted by molar-refractivity contribution is -0.131. The molecule has 0 spiro atoms. The highest BCUT2D eigenvalue weighted by atomic mass is 16.5. The normalized spacial score (nSPS) is 10.6. The summed E-state index contributed by atoms with van der Waals surface area (Å²) in [6.45, 7) is 7.22. The molecule has 0 saturated carbocycles. The van der Waals surface area contributed by atoms with Crippen LogP contribution in [0.1, 0.15) is 25.0 Å². The number of ether oxygens (including phenoxy) is 1. The number of hydrogen-bond donors (Lipinski definition) is 1. The van der Waals surface area contributed by atoms with E-state index in [9.17, 15) is 9.59 Å². The molecule has 4 nitrogen and oxygen atoms in total. The molecule has 4 heteroatoms. The van der Waals surface area contributed by atoms with Crippen molar-refractivity contribution in [1.29, 1.82) is 0 Å². The molecule has 0 heterocycles. The second-order valence-corrected chi connectivity index (χ2v) is 5.58. The van der Waals surface area contributed by atoms with Crippen molar-refractivity contribution in [3.63, 3.8) is 0 Å². The average Bonchev–Trinajstić information content (AvgIpc) is 2.60. The summed E-state index contributed by atoms with van der Waals surface area (Å²) in [7, 11) is 0. The summed E-state index contributed by atoms with van der Waals surface area (Å²) in [6, 6.07) is 13.2. The Labute approximate surface area is 147 Å². The van der Waals surface area contributed by atoms with Crippen LogP contribution in [0.4, 0.5) is 0 Å². The van der Waals surface area contributed by atoms with E-state index in [1.165, 1.54) is 6.08 Å². The standard InChI is InChI=1S/C21H20O4/c1-4-15-8-5-6-10-17(15)18-11-7-9-16(12-13-19(22)23)20(18)25-21(24)14(2)3/h5-13H,2,4H2,1,3H3,(H,22,23)/b13-12+. The number of para-hydroxylation sites is 1. The van der Waals surface area contributed by atoms with Crippen molar-refractivity contribution in [3.8, 4) is 16.9 Å². The van der Waals surface area contributed by atoms with Crippen LogP contribution in [-0.2, 0) is 16.0 Å². The van der Waals surface area contributed by atoms with Gasteiger partial charge in [-0.25, -0.2) is 9.59 Å². The number of carboxylic acids is 1. The highest BCUT2D eigenvalue weighted by Gasteiger charge is 2.16. The van der Waals surface area contributed by atoms with Gasteiger partial charge in [0.05, 0.1) is 0 Å². The third-order valence-corrected chi connectivity index (χ3v) is 3.68. The average molecular weight is 336 g/mol. The van der Waals surface area contributed by atoms with Crippen molar-refractivity contribution >= 4 is 18.0 Å². The van der Waals surface area contributed by atoms with Crippen LogP contribution in [0.3, 0.4) is 0 Å². The first-order valence-electron chi connectivity index (χ1n) is 7.94. The molecule has 0 bridgehead atoms. The molecule has 0 fully saturated rings. The van der Waals surface area contributed by atoms with Crippen LogP contribution in [0, 0.1) is 0 Å². The van der Waals surface area contributed by atoms with E-state index in [-0.39, 0.29) is 5.57 Å². The van der Waals surface area contributed by atoms with E-state index < -0.39 is 11.9 Å². The molecule has 0 atom stereocenters. The second-order valence-electron chi connectivity index (χ2n) is 5.58. The van der Waals surface area contributed by atoms with Crippen LogP contribution in [-0.4, -0.2) is 17.0 Å². The smallest absolute Gasteiger partial charge is 0.338 e. The van der Waals surface area contributed by atoms with Gasteiger partial charge >= 0.3 is 11.9 Å². The molecule has 0 saturated heterocycles. The molecule has 2 rings (SSSR count). The SMILES string of the molecule is C=C(C)C(=O)Oc1c(/C=C/C(=O)O)cccc1-c1ccccc1CC. The van der Waals surface area contributed by atoms with E-state index >= 15 is 0 Å². The highest BCUT2D eigenvalue weighted by molar-refractivity contribution is 5.93. The summed E-state index contributed by atoms with van der Waals surface area (Å²) in [5, 5.41) is 8.90. The zero-order chi connectivity index (χ0) is 18.4.